The standard InChI is InChI=1S/C12H20O9/c13-4-1-5(14)11(19-3-4)20-6-2-12(6)9(17)7(15)8(16)10(18)21-12/h4-11,13-18H,1-3H2/t4-,5+,6?,7+,8+,9-,10+,11-,12?/m0/s1. The van der Waals surface area contributed by atoms with Gasteiger partial charge in [0.2, 0.25) is 0 Å². The van der Waals surface area contributed by atoms with Gasteiger partial charge in [-0.25, -0.2) is 0 Å². The molecule has 9 heteroatoms. The van der Waals surface area contributed by atoms with Crippen LogP contribution in [0.3, 0.4) is 0 Å². The van der Waals surface area contributed by atoms with Crippen molar-refractivity contribution in [1.82, 2.24) is 0 Å². The van der Waals surface area contributed by atoms with Gasteiger partial charge in [-0.15, -0.1) is 0 Å². The van der Waals surface area contributed by atoms with Crippen molar-refractivity contribution in [3.05, 3.63) is 0 Å². The number of aliphatic hydroxyl groups excluding tert-OH is 6. The highest BCUT2D eigenvalue weighted by atomic mass is 16.7. The number of aliphatic hydroxyl groups is 6. The summed E-state index contributed by atoms with van der Waals surface area (Å²) in [4.78, 5) is 0. The lowest BCUT2D eigenvalue weighted by molar-refractivity contribution is -0.310. The zero-order valence-corrected chi connectivity index (χ0v) is 11.1. The molecule has 1 aliphatic carbocycles. The van der Waals surface area contributed by atoms with Gasteiger partial charge in [0.25, 0.3) is 0 Å². The largest absolute Gasteiger partial charge is 0.391 e. The van der Waals surface area contributed by atoms with Crippen LogP contribution in [-0.2, 0) is 14.2 Å². The molecule has 9 atom stereocenters. The molecule has 21 heavy (non-hydrogen) atoms. The van der Waals surface area contributed by atoms with Gasteiger partial charge < -0.3 is 44.8 Å². The van der Waals surface area contributed by atoms with E-state index >= 15 is 0 Å². The highest BCUT2D eigenvalue weighted by molar-refractivity contribution is 5.17. The Morgan fingerprint density at radius 2 is 1.71 bits per heavy atom. The Labute approximate surface area is 120 Å². The van der Waals surface area contributed by atoms with Crippen LogP contribution in [0.5, 0.6) is 0 Å². The van der Waals surface area contributed by atoms with Crippen LogP contribution < -0.4 is 0 Å². The summed E-state index contributed by atoms with van der Waals surface area (Å²) < 4.78 is 15.8. The molecular weight excluding hydrogens is 288 g/mol. The fourth-order valence-electron chi connectivity index (χ4n) is 2.90. The molecule has 2 unspecified atom stereocenters. The minimum absolute atomic E-state index is 0.0226. The summed E-state index contributed by atoms with van der Waals surface area (Å²) in [7, 11) is 0. The van der Waals surface area contributed by atoms with Gasteiger partial charge in [0, 0.05) is 12.8 Å². The summed E-state index contributed by atoms with van der Waals surface area (Å²) in [6, 6.07) is 0. The molecule has 2 aliphatic heterocycles. The molecule has 0 radical (unpaired) electrons. The molecule has 2 saturated heterocycles. The van der Waals surface area contributed by atoms with Gasteiger partial charge in [-0.1, -0.05) is 0 Å². The summed E-state index contributed by atoms with van der Waals surface area (Å²) in [6.45, 7) is 0.0226. The van der Waals surface area contributed by atoms with Crippen LogP contribution in [0.2, 0.25) is 0 Å². The van der Waals surface area contributed by atoms with E-state index in [-0.39, 0.29) is 19.4 Å². The Morgan fingerprint density at radius 3 is 2.38 bits per heavy atom. The second-order valence-corrected chi connectivity index (χ2v) is 5.88. The summed E-state index contributed by atoms with van der Waals surface area (Å²) >= 11 is 0. The van der Waals surface area contributed by atoms with Crippen LogP contribution in [0.25, 0.3) is 0 Å². The van der Waals surface area contributed by atoms with E-state index in [2.05, 4.69) is 0 Å². The van der Waals surface area contributed by atoms with Gasteiger partial charge in [0.1, 0.15) is 30.0 Å². The lowest BCUT2D eigenvalue weighted by atomic mass is 9.97. The maximum atomic E-state index is 9.99. The van der Waals surface area contributed by atoms with Gasteiger partial charge in [0.15, 0.2) is 12.6 Å². The summed E-state index contributed by atoms with van der Waals surface area (Å²) in [5.41, 5.74) is -1.32. The van der Waals surface area contributed by atoms with Crippen molar-refractivity contribution in [1.29, 1.82) is 0 Å². The van der Waals surface area contributed by atoms with Crippen LogP contribution in [0.4, 0.5) is 0 Å². The normalized spacial score (nSPS) is 57.4. The molecule has 9 nitrogen and oxygen atoms in total. The van der Waals surface area contributed by atoms with Crippen LogP contribution in [0.1, 0.15) is 12.8 Å². The van der Waals surface area contributed by atoms with Crippen LogP contribution in [0.15, 0.2) is 0 Å². The predicted octanol–water partition coefficient (Wildman–Crippen LogP) is -3.59. The third-order valence-electron chi connectivity index (χ3n) is 4.27. The van der Waals surface area contributed by atoms with Gasteiger partial charge in [0.05, 0.1) is 18.8 Å². The van der Waals surface area contributed by atoms with E-state index in [9.17, 15) is 30.6 Å². The van der Waals surface area contributed by atoms with E-state index in [1.54, 1.807) is 0 Å². The van der Waals surface area contributed by atoms with E-state index in [0.29, 0.717) is 0 Å². The third kappa shape index (κ3) is 2.58. The quantitative estimate of drug-likeness (QED) is 0.304. The van der Waals surface area contributed by atoms with Gasteiger partial charge in [-0.3, -0.25) is 0 Å². The molecule has 0 aromatic heterocycles. The maximum Gasteiger partial charge on any atom is 0.184 e. The Hall–Kier alpha value is -0.360. The monoisotopic (exact) mass is 308 g/mol. The molecule has 3 fully saturated rings. The van der Waals surface area contributed by atoms with Crippen LogP contribution in [-0.4, -0.2) is 92.1 Å². The molecule has 3 rings (SSSR count). The van der Waals surface area contributed by atoms with Crippen molar-refractivity contribution in [3.63, 3.8) is 0 Å². The van der Waals surface area contributed by atoms with Crippen molar-refractivity contribution in [2.24, 2.45) is 0 Å². The first-order chi connectivity index (χ1) is 9.85. The molecule has 0 aromatic carbocycles. The molecule has 1 spiro atoms. The second kappa shape index (κ2) is 5.37. The fraction of sp³-hybridized carbons (Fsp3) is 1.00. The molecule has 0 amide bonds. The van der Waals surface area contributed by atoms with Crippen LogP contribution >= 0.6 is 0 Å². The van der Waals surface area contributed by atoms with Crippen LogP contribution in [0, 0.1) is 0 Å². The first-order valence-corrected chi connectivity index (χ1v) is 6.88. The molecular formula is C12H20O9. The minimum atomic E-state index is -1.63. The van der Waals surface area contributed by atoms with Crippen molar-refractivity contribution in [3.8, 4) is 0 Å². The lowest BCUT2D eigenvalue weighted by Crippen LogP contribution is -2.60. The molecule has 0 aromatic rings. The first kappa shape index (κ1) is 15.5. The Morgan fingerprint density at radius 1 is 1.00 bits per heavy atom. The molecule has 0 bridgehead atoms. The minimum Gasteiger partial charge on any atom is -0.391 e. The number of ether oxygens (including phenoxy) is 3. The average Bonchev–Trinajstić information content (AvgIpc) is 3.11. The molecule has 3 aliphatic rings. The molecule has 122 valence electrons. The zero-order valence-electron chi connectivity index (χ0n) is 11.1. The Kier molecular flexibility index (Phi) is 3.97. The number of hydrogen-bond acceptors (Lipinski definition) is 9. The lowest BCUT2D eigenvalue weighted by Gasteiger charge is -2.40. The van der Waals surface area contributed by atoms with Crippen molar-refractivity contribution in [2.45, 2.75) is 67.6 Å². The second-order valence-electron chi connectivity index (χ2n) is 5.88. The Bertz CT molecular complexity index is 393. The molecule has 2 heterocycles. The van der Waals surface area contributed by atoms with Crippen molar-refractivity contribution < 1.29 is 44.8 Å². The molecule has 6 N–H and O–H groups in total. The first-order valence-electron chi connectivity index (χ1n) is 6.88. The van der Waals surface area contributed by atoms with Gasteiger partial charge in [-0.2, -0.15) is 0 Å². The van der Waals surface area contributed by atoms with E-state index in [0.717, 1.165) is 0 Å². The predicted molar refractivity (Wildman–Crippen MR) is 63.7 cm³/mol. The van der Waals surface area contributed by atoms with Crippen molar-refractivity contribution in [2.75, 3.05) is 6.61 Å². The Balaban J connectivity index is 1.62. The van der Waals surface area contributed by atoms with E-state index in [4.69, 9.17) is 14.2 Å². The van der Waals surface area contributed by atoms with Crippen molar-refractivity contribution >= 4 is 0 Å². The van der Waals surface area contributed by atoms with Gasteiger partial charge in [-0.05, 0) is 0 Å². The number of hydrogen-bond donors (Lipinski definition) is 6. The zero-order chi connectivity index (χ0) is 15.4. The average molecular weight is 308 g/mol. The highest BCUT2D eigenvalue weighted by Gasteiger charge is 2.69. The maximum absolute atomic E-state index is 9.99. The van der Waals surface area contributed by atoms with Gasteiger partial charge >= 0.3 is 0 Å². The SMILES string of the molecule is O[C@@H]1CO[C@@H](OC2CC23O[C@@H](O)[C@H](O)[C@@H](O)[C@@H]3O)[C@H](O)C1. The molecule has 1 saturated carbocycles. The van der Waals surface area contributed by atoms with E-state index < -0.39 is 54.8 Å². The summed E-state index contributed by atoms with van der Waals surface area (Å²) in [5, 5.41) is 57.8. The summed E-state index contributed by atoms with van der Waals surface area (Å²) in [6.07, 6.45) is -9.37. The van der Waals surface area contributed by atoms with E-state index in [1.165, 1.54) is 0 Å². The summed E-state index contributed by atoms with van der Waals surface area (Å²) in [5.74, 6) is 0. The topological polar surface area (TPSA) is 149 Å². The van der Waals surface area contributed by atoms with E-state index in [1.807, 2.05) is 0 Å². The third-order valence-corrected chi connectivity index (χ3v) is 4.27. The highest BCUT2D eigenvalue weighted by Crippen LogP contribution is 2.51. The fourth-order valence-corrected chi connectivity index (χ4v) is 2.90. The number of rotatable bonds is 2. The smallest absolute Gasteiger partial charge is 0.184 e.